The van der Waals surface area contributed by atoms with E-state index in [2.05, 4.69) is 11.2 Å². The van der Waals surface area contributed by atoms with E-state index in [-0.39, 0.29) is 5.69 Å². The zero-order valence-corrected chi connectivity index (χ0v) is 8.96. The normalized spacial score (nSPS) is 9.71. The van der Waals surface area contributed by atoms with E-state index in [9.17, 15) is 13.6 Å². The zero-order valence-electron chi connectivity index (χ0n) is 8.96. The van der Waals surface area contributed by atoms with E-state index >= 15 is 0 Å². The van der Waals surface area contributed by atoms with Gasteiger partial charge in [0.25, 0.3) is 0 Å². The number of carboxylic acid groups (broad SMARTS) is 1. The van der Waals surface area contributed by atoms with Gasteiger partial charge in [0.2, 0.25) is 0 Å². The quantitative estimate of drug-likeness (QED) is 0.613. The van der Waals surface area contributed by atoms with Gasteiger partial charge in [0.05, 0.1) is 11.3 Å². The highest BCUT2D eigenvalue weighted by Gasteiger charge is 2.17. The third-order valence-corrected chi connectivity index (χ3v) is 2.13. The summed E-state index contributed by atoms with van der Waals surface area (Å²) in [6, 6.07) is 2.21. The van der Waals surface area contributed by atoms with Crippen LogP contribution in [-0.4, -0.2) is 17.6 Å². The molecule has 0 spiro atoms. The number of terminal acetylenes is 1. The number of carbonyl (C=O) groups is 1. The molecule has 0 aliphatic carbocycles. The lowest BCUT2D eigenvalue weighted by molar-refractivity contribution is 0.0690. The molecule has 3 nitrogen and oxygen atoms in total. The molecular formula is C12H11F2NO2. The molecule has 1 aromatic carbocycles. The van der Waals surface area contributed by atoms with Gasteiger partial charge in [-0.3, -0.25) is 0 Å². The molecule has 0 heterocycles. The van der Waals surface area contributed by atoms with Crippen LogP contribution in [0.3, 0.4) is 0 Å². The Morgan fingerprint density at radius 3 is 2.71 bits per heavy atom. The van der Waals surface area contributed by atoms with Crippen molar-refractivity contribution < 1.29 is 18.7 Å². The van der Waals surface area contributed by atoms with E-state index in [1.165, 1.54) is 6.07 Å². The van der Waals surface area contributed by atoms with Gasteiger partial charge in [0.15, 0.2) is 11.6 Å². The molecule has 0 bridgehead atoms. The Morgan fingerprint density at radius 2 is 2.12 bits per heavy atom. The van der Waals surface area contributed by atoms with Crippen molar-refractivity contribution in [3.8, 4) is 12.3 Å². The Bertz CT molecular complexity index is 466. The van der Waals surface area contributed by atoms with Gasteiger partial charge >= 0.3 is 5.97 Å². The number of benzene rings is 1. The maximum atomic E-state index is 13.4. The molecule has 0 fully saturated rings. The number of hydrogen-bond acceptors (Lipinski definition) is 2. The SMILES string of the molecule is C#CCCCNc1ccc(C(=O)O)c(F)c1F. The molecule has 0 amide bonds. The summed E-state index contributed by atoms with van der Waals surface area (Å²) in [6.07, 6.45) is 6.19. The van der Waals surface area contributed by atoms with Crippen LogP contribution in [0.25, 0.3) is 0 Å². The fraction of sp³-hybridized carbons (Fsp3) is 0.250. The second kappa shape index (κ2) is 5.85. The molecule has 0 aliphatic rings. The molecule has 0 saturated carbocycles. The van der Waals surface area contributed by atoms with Gasteiger partial charge in [0.1, 0.15) is 0 Å². The Hall–Kier alpha value is -2.09. The highest BCUT2D eigenvalue weighted by Crippen LogP contribution is 2.20. The van der Waals surface area contributed by atoms with Crippen molar-refractivity contribution >= 4 is 11.7 Å². The number of anilines is 1. The van der Waals surface area contributed by atoms with Gasteiger partial charge in [0, 0.05) is 13.0 Å². The monoisotopic (exact) mass is 239 g/mol. The van der Waals surface area contributed by atoms with Crippen LogP contribution in [0.2, 0.25) is 0 Å². The number of aromatic carboxylic acids is 1. The molecule has 90 valence electrons. The molecule has 1 aromatic rings. The molecule has 0 aromatic heterocycles. The Morgan fingerprint density at radius 1 is 1.41 bits per heavy atom. The maximum Gasteiger partial charge on any atom is 0.338 e. The average Bonchev–Trinajstić information content (AvgIpc) is 2.29. The average molecular weight is 239 g/mol. The summed E-state index contributed by atoms with van der Waals surface area (Å²) in [7, 11) is 0. The number of carboxylic acids is 1. The van der Waals surface area contributed by atoms with E-state index in [4.69, 9.17) is 11.5 Å². The first-order valence-electron chi connectivity index (χ1n) is 4.96. The number of nitrogens with one attached hydrogen (secondary N) is 1. The first-order valence-corrected chi connectivity index (χ1v) is 4.96. The number of rotatable bonds is 5. The minimum Gasteiger partial charge on any atom is -0.478 e. The summed E-state index contributed by atoms with van der Waals surface area (Å²) in [6.45, 7) is 0.396. The minimum atomic E-state index is -1.50. The van der Waals surface area contributed by atoms with Crippen LogP contribution in [-0.2, 0) is 0 Å². The van der Waals surface area contributed by atoms with E-state index < -0.39 is 23.2 Å². The Kier molecular flexibility index (Phi) is 4.46. The van der Waals surface area contributed by atoms with Crippen LogP contribution in [0, 0.1) is 24.0 Å². The van der Waals surface area contributed by atoms with Crippen LogP contribution in [0.5, 0.6) is 0 Å². The lowest BCUT2D eigenvalue weighted by Gasteiger charge is -2.08. The highest BCUT2D eigenvalue weighted by atomic mass is 19.2. The number of halogens is 2. The fourth-order valence-corrected chi connectivity index (χ4v) is 1.26. The molecule has 0 aliphatic heterocycles. The summed E-state index contributed by atoms with van der Waals surface area (Å²) in [5.41, 5.74) is -0.749. The molecular weight excluding hydrogens is 228 g/mol. The summed E-state index contributed by atoms with van der Waals surface area (Å²) >= 11 is 0. The van der Waals surface area contributed by atoms with Gasteiger partial charge in [-0.05, 0) is 18.6 Å². The Balaban J connectivity index is 2.79. The lowest BCUT2D eigenvalue weighted by Crippen LogP contribution is -2.08. The van der Waals surface area contributed by atoms with Gasteiger partial charge in [-0.2, -0.15) is 0 Å². The molecule has 1 rings (SSSR count). The van der Waals surface area contributed by atoms with Crippen molar-refractivity contribution in [2.45, 2.75) is 12.8 Å². The van der Waals surface area contributed by atoms with E-state index in [1.54, 1.807) is 0 Å². The van der Waals surface area contributed by atoms with Crippen molar-refractivity contribution in [2.24, 2.45) is 0 Å². The maximum absolute atomic E-state index is 13.4. The summed E-state index contributed by atoms with van der Waals surface area (Å²) in [4.78, 5) is 10.5. The largest absolute Gasteiger partial charge is 0.478 e. The third kappa shape index (κ3) is 3.18. The van der Waals surface area contributed by atoms with Gasteiger partial charge in [-0.1, -0.05) is 0 Å². The molecule has 0 unspecified atom stereocenters. The minimum absolute atomic E-state index is 0.0653. The van der Waals surface area contributed by atoms with E-state index in [0.29, 0.717) is 19.4 Å². The lowest BCUT2D eigenvalue weighted by atomic mass is 10.1. The van der Waals surface area contributed by atoms with Gasteiger partial charge < -0.3 is 10.4 Å². The van der Waals surface area contributed by atoms with E-state index in [0.717, 1.165) is 6.07 Å². The summed E-state index contributed by atoms with van der Waals surface area (Å²) < 4.78 is 26.7. The molecule has 0 atom stereocenters. The molecule has 0 saturated heterocycles. The van der Waals surface area contributed by atoms with Gasteiger partial charge in [-0.15, -0.1) is 12.3 Å². The third-order valence-electron chi connectivity index (χ3n) is 2.13. The van der Waals surface area contributed by atoms with Crippen molar-refractivity contribution in [3.63, 3.8) is 0 Å². The smallest absolute Gasteiger partial charge is 0.338 e. The molecule has 0 radical (unpaired) electrons. The summed E-state index contributed by atoms with van der Waals surface area (Å²) in [5.74, 6) is -1.63. The molecule has 5 heteroatoms. The highest BCUT2D eigenvalue weighted by molar-refractivity contribution is 5.88. The van der Waals surface area contributed by atoms with Crippen LogP contribution in [0.15, 0.2) is 12.1 Å². The number of hydrogen-bond donors (Lipinski definition) is 2. The van der Waals surface area contributed by atoms with Gasteiger partial charge in [-0.25, -0.2) is 13.6 Å². The van der Waals surface area contributed by atoms with Crippen LogP contribution in [0.4, 0.5) is 14.5 Å². The first kappa shape index (κ1) is 13.0. The topological polar surface area (TPSA) is 49.3 Å². The van der Waals surface area contributed by atoms with Crippen molar-refractivity contribution in [1.29, 1.82) is 0 Å². The first-order chi connectivity index (χ1) is 8.07. The van der Waals surface area contributed by atoms with E-state index in [1.807, 2.05) is 0 Å². The predicted molar refractivity (Wildman–Crippen MR) is 59.9 cm³/mol. The second-order valence-corrected chi connectivity index (χ2v) is 3.33. The zero-order chi connectivity index (χ0) is 12.8. The molecule has 17 heavy (non-hydrogen) atoms. The fourth-order valence-electron chi connectivity index (χ4n) is 1.26. The van der Waals surface area contributed by atoms with Crippen molar-refractivity contribution in [2.75, 3.05) is 11.9 Å². The molecule has 2 N–H and O–H groups in total. The number of unbranched alkanes of at least 4 members (excludes halogenated alkanes) is 1. The second-order valence-electron chi connectivity index (χ2n) is 3.33. The predicted octanol–water partition coefficient (Wildman–Crippen LogP) is 2.49. The van der Waals surface area contributed by atoms with Crippen molar-refractivity contribution in [1.82, 2.24) is 0 Å². The Labute approximate surface area is 97.5 Å². The van der Waals surface area contributed by atoms with Crippen molar-refractivity contribution in [3.05, 3.63) is 29.3 Å². The van der Waals surface area contributed by atoms with Crippen LogP contribution < -0.4 is 5.32 Å². The van der Waals surface area contributed by atoms with Crippen LogP contribution in [0.1, 0.15) is 23.2 Å². The standard InChI is InChI=1S/C12H11F2NO2/c1-2-3-4-7-15-9-6-5-8(12(16)17)10(13)11(9)14/h1,5-6,15H,3-4,7H2,(H,16,17). The summed E-state index contributed by atoms with van der Waals surface area (Å²) in [5, 5.41) is 11.2. The van der Waals surface area contributed by atoms with Crippen LogP contribution >= 0.6 is 0 Å².